The van der Waals surface area contributed by atoms with Gasteiger partial charge in [-0.25, -0.2) is 0 Å². The van der Waals surface area contributed by atoms with Crippen LogP contribution in [0.25, 0.3) is 0 Å². The topological polar surface area (TPSA) is 64.4 Å². The largest absolute Gasteiger partial charge is 0.378 e. The van der Waals surface area contributed by atoms with Gasteiger partial charge in [-0.3, -0.25) is 4.99 Å². The maximum absolute atomic E-state index is 6.31. The second kappa shape index (κ2) is 5.34. The van der Waals surface area contributed by atoms with Crippen molar-refractivity contribution >= 4 is 39.9 Å². The Kier molecular flexibility index (Phi) is 3.80. The minimum absolute atomic E-state index is 0.178. The molecule has 1 aliphatic rings. The van der Waals surface area contributed by atoms with Crippen LogP contribution < -0.4 is 5.73 Å². The number of aryl methyl sites for hydroxylation is 2. The van der Waals surface area contributed by atoms with E-state index in [2.05, 4.69) is 17.1 Å². The number of aromatic nitrogens is 1. The predicted octanol–water partition coefficient (Wildman–Crippen LogP) is 4.41. The molecule has 2 atom stereocenters. The summed E-state index contributed by atoms with van der Waals surface area (Å²) in [6, 6.07) is 1.91. The second-order valence-corrected chi connectivity index (χ2v) is 7.92. The summed E-state index contributed by atoms with van der Waals surface area (Å²) in [6.07, 6.45) is 0.821. The Morgan fingerprint density at radius 3 is 2.81 bits per heavy atom. The number of hydrogen-bond acceptors (Lipinski definition) is 6. The zero-order chi connectivity index (χ0) is 15.2. The number of amidine groups is 1. The third-order valence-electron chi connectivity index (χ3n) is 3.72. The highest BCUT2D eigenvalue weighted by atomic mass is 35.5. The lowest BCUT2D eigenvalue weighted by atomic mass is 9.91. The minimum atomic E-state index is -0.401. The summed E-state index contributed by atoms with van der Waals surface area (Å²) in [5, 5.41) is 7.55. The van der Waals surface area contributed by atoms with Crippen molar-refractivity contribution in [3.8, 4) is 0 Å². The Bertz CT molecular complexity index is 689. The first-order valence-electron chi connectivity index (χ1n) is 6.59. The first-order chi connectivity index (χ1) is 9.90. The first-order valence-corrected chi connectivity index (χ1v) is 8.72. The van der Waals surface area contributed by atoms with Gasteiger partial charge in [0.15, 0.2) is 5.17 Å². The average Bonchev–Trinajstić information content (AvgIpc) is 2.95. The van der Waals surface area contributed by atoms with Gasteiger partial charge in [0.05, 0.1) is 21.1 Å². The SMILES string of the molecule is Cc1noc(C)c1[C@@H]1C[C@@](C)(c2sccc2Cl)N=C(N)S1. The number of halogens is 1. The molecule has 0 fully saturated rings. The number of nitrogens with zero attached hydrogens (tertiary/aromatic N) is 2. The van der Waals surface area contributed by atoms with Gasteiger partial charge in [0.1, 0.15) is 5.76 Å². The normalized spacial score (nSPS) is 25.9. The van der Waals surface area contributed by atoms with Crippen molar-refractivity contribution in [3.05, 3.63) is 38.4 Å². The van der Waals surface area contributed by atoms with Gasteiger partial charge < -0.3 is 10.3 Å². The van der Waals surface area contributed by atoms with Gasteiger partial charge in [0.2, 0.25) is 0 Å². The summed E-state index contributed by atoms with van der Waals surface area (Å²) in [7, 11) is 0. The van der Waals surface area contributed by atoms with E-state index in [1.165, 1.54) is 0 Å². The molecular formula is C14H16ClN3OS2. The number of aliphatic imine (C=N–C) groups is 1. The van der Waals surface area contributed by atoms with Crippen molar-refractivity contribution in [2.75, 3.05) is 0 Å². The Hall–Kier alpha value is -0.980. The van der Waals surface area contributed by atoms with Crippen LogP contribution in [0.2, 0.25) is 5.02 Å². The predicted molar refractivity (Wildman–Crippen MR) is 89.2 cm³/mol. The van der Waals surface area contributed by atoms with E-state index in [1.54, 1.807) is 23.1 Å². The molecule has 2 N–H and O–H groups in total. The molecular weight excluding hydrogens is 326 g/mol. The van der Waals surface area contributed by atoms with Gasteiger partial charge in [-0.05, 0) is 38.6 Å². The van der Waals surface area contributed by atoms with Crippen LogP contribution in [0.4, 0.5) is 0 Å². The number of hydrogen-bond donors (Lipinski definition) is 1. The lowest BCUT2D eigenvalue weighted by Gasteiger charge is -2.33. The second-order valence-electron chi connectivity index (χ2n) is 5.37. The van der Waals surface area contributed by atoms with Gasteiger partial charge in [-0.2, -0.15) is 0 Å². The highest BCUT2D eigenvalue weighted by Gasteiger charge is 2.39. The van der Waals surface area contributed by atoms with Crippen molar-refractivity contribution in [2.45, 2.75) is 38.0 Å². The standard InChI is InChI=1S/C14H16ClN3OS2/c1-7-11(8(2)19-18-7)10-6-14(3,17-13(16)21-10)12-9(15)4-5-20-12/h4-5,10H,6H2,1-3H3,(H2,16,17)/t10-,14-/m0/s1. The Labute approximate surface area is 136 Å². The smallest absolute Gasteiger partial charge is 0.155 e. The molecule has 2 aromatic rings. The molecule has 0 radical (unpaired) electrons. The highest BCUT2D eigenvalue weighted by Crippen LogP contribution is 2.50. The summed E-state index contributed by atoms with van der Waals surface area (Å²) >= 11 is 9.50. The van der Waals surface area contributed by atoms with Crippen molar-refractivity contribution in [1.82, 2.24) is 5.16 Å². The molecule has 0 saturated carbocycles. The van der Waals surface area contributed by atoms with Crippen LogP contribution in [-0.4, -0.2) is 10.3 Å². The first kappa shape index (κ1) is 14.9. The molecule has 7 heteroatoms. The van der Waals surface area contributed by atoms with E-state index in [1.807, 2.05) is 25.3 Å². The van der Waals surface area contributed by atoms with E-state index in [4.69, 9.17) is 21.9 Å². The van der Waals surface area contributed by atoms with Crippen molar-refractivity contribution in [1.29, 1.82) is 0 Å². The quantitative estimate of drug-likeness (QED) is 0.878. The third-order valence-corrected chi connectivity index (χ3v) is 6.33. The van der Waals surface area contributed by atoms with E-state index in [9.17, 15) is 0 Å². The monoisotopic (exact) mass is 341 g/mol. The number of thiophene rings is 1. The molecule has 3 heterocycles. The van der Waals surface area contributed by atoms with Gasteiger partial charge in [-0.15, -0.1) is 11.3 Å². The molecule has 21 heavy (non-hydrogen) atoms. The molecule has 0 amide bonds. The molecule has 1 aliphatic heterocycles. The van der Waals surface area contributed by atoms with Gasteiger partial charge in [0.25, 0.3) is 0 Å². The van der Waals surface area contributed by atoms with E-state index < -0.39 is 5.54 Å². The lowest BCUT2D eigenvalue weighted by Crippen LogP contribution is -2.30. The number of rotatable bonds is 2. The van der Waals surface area contributed by atoms with Crippen LogP contribution in [0, 0.1) is 13.8 Å². The molecule has 112 valence electrons. The average molecular weight is 342 g/mol. The molecule has 4 nitrogen and oxygen atoms in total. The zero-order valence-corrected chi connectivity index (χ0v) is 14.4. The maximum atomic E-state index is 6.31. The minimum Gasteiger partial charge on any atom is -0.378 e. The molecule has 3 rings (SSSR count). The highest BCUT2D eigenvalue weighted by molar-refractivity contribution is 8.14. The Morgan fingerprint density at radius 2 is 2.24 bits per heavy atom. The van der Waals surface area contributed by atoms with E-state index >= 15 is 0 Å². The fourth-order valence-electron chi connectivity index (χ4n) is 2.80. The number of thioether (sulfide) groups is 1. The Morgan fingerprint density at radius 1 is 1.48 bits per heavy atom. The molecule has 0 spiro atoms. The summed E-state index contributed by atoms with van der Waals surface area (Å²) in [4.78, 5) is 5.73. The van der Waals surface area contributed by atoms with E-state index in [0.29, 0.717) is 5.17 Å². The van der Waals surface area contributed by atoms with Crippen molar-refractivity contribution in [2.24, 2.45) is 10.7 Å². The van der Waals surface area contributed by atoms with Gasteiger partial charge in [0, 0.05) is 10.8 Å². The molecule has 0 aromatic carbocycles. The van der Waals surface area contributed by atoms with E-state index in [0.717, 1.165) is 33.3 Å². The molecule has 0 unspecified atom stereocenters. The van der Waals surface area contributed by atoms with Crippen LogP contribution in [0.1, 0.15) is 40.5 Å². The van der Waals surface area contributed by atoms with Gasteiger partial charge >= 0.3 is 0 Å². The summed E-state index contributed by atoms with van der Waals surface area (Å²) in [5.41, 5.74) is 7.72. The van der Waals surface area contributed by atoms with Crippen LogP contribution in [-0.2, 0) is 5.54 Å². The van der Waals surface area contributed by atoms with Crippen LogP contribution in [0.3, 0.4) is 0 Å². The van der Waals surface area contributed by atoms with Crippen molar-refractivity contribution in [3.63, 3.8) is 0 Å². The van der Waals surface area contributed by atoms with Gasteiger partial charge in [-0.1, -0.05) is 28.5 Å². The number of nitrogens with two attached hydrogens (primary N) is 1. The summed E-state index contributed by atoms with van der Waals surface area (Å²) < 4.78 is 5.30. The molecule has 0 aliphatic carbocycles. The zero-order valence-electron chi connectivity index (χ0n) is 12.0. The Balaban J connectivity index is 2.03. The lowest BCUT2D eigenvalue weighted by molar-refractivity contribution is 0.390. The summed E-state index contributed by atoms with van der Waals surface area (Å²) in [5.74, 6) is 0.847. The van der Waals surface area contributed by atoms with Crippen LogP contribution in [0.5, 0.6) is 0 Å². The maximum Gasteiger partial charge on any atom is 0.155 e. The third kappa shape index (κ3) is 2.60. The fourth-order valence-corrected chi connectivity index (χ4v) is 5.58. The van der Waals surface area contributed by atoms with E-state index in [-0.39, 0.29) is 5.25 Å². The molecule has 0 bridgehead atoms. The molecule has 0 saturated heterocycles. The summed E-state index contributed by atoms with van der Waals surface area (Å²) in [6.45, 7) is 5.99. The van der Waals surface area contributed by atoms with Crippen molar-refractivity contribution < 1.29 is 4.52 Å². The van der Waals surface area contributed by atoms with Crippen LogP contribution >= 0.6 is 34.7 Å². The van der Waals surface area contributed by atoms with Crippen LogP contribution in [0.15, 0.2) is 21.0 Å². The molecule has 2 aromatic heterocycles. The fraction of sp³-hybridized carbons (Fsp3) is 0.429.